The Hall–Kier alpha value is -0.560. The highest BCUT2D eigenvalue weighted by molar-refractivity contribution is 5.27. The summed E-state index contributed by atoms with van der Waals surface area (Å²) >= 11 is 0. The molecule has 0 aromatic rings. The maximum atomic E-state index is 9.09. The van der Waals surface area contributed by atoms with Crippen LogP contribution in [0, 0.1) is 11.3 Å². The molecular weight excluding hydrogens is 148 g/mol. The second-order valence-electron chi connectivity index (χ2n) is 4.21. The third kappa shape index (κ3) is 1.98. The van der Waals surface area contributed by atoms with E-state index in [1.54, 1.807) is 0 Å². The molecule has 0 heterocycles. The summed E-state index contributed by atoms with van der Waals surface area (Å²) in [5.41, 5.74) is 1.37. The molecule has 0 aromatic heterocycles. The van der Waals surface area contributed by atoms with Crippen LogP contribution in [-0.2, 0) is 0 Å². The molecule has 0 fully saturated rings. The molecule has 0 radical (unpaired) electrons. The van der Waals surface area contributed by atoms with Crippen molar-refractivity contribution in [1.29, 1.82) is 0 Å². The minimum Gasteiger partial charge on any atom is -0.395 e. The first-order valence-electron chi connectivity index (χ1n) is 4.57. The van der Waals surface area contributed by atoms with Crippen LogP contribution in [-0.4, -0.2) is 11.7 Å². The van der Waals surface area contributed by atoms with Crippen molar-refractivity contribution in [3.05, 3.63) is 23.8 Å². The molecule has 0 aromatic carbocycles. The quantitative estimate of drug-likeness (QED) is 0.668. The van der Waals surface area contributed by atoms with Crippen LogP contribution in [0.1, 0.15) is 27.2 Å². The van der Waals surface area contributed by atoms with E-state index in [1.807, 2.05) is 0 Å². The maximum Gasteiger partial charge on any atom is 0.0522 e. The first-order valence-corrected chi connectivity index (χ1v) is 4.57. The summed E-state index contributed by atoms with van der Waals surface area (Å²) in [5.74, 6) is 0.601. The lowest BCUT2D eigenvalue weighted by Gasteiger charge is -2.26. The van der Waals surface area contributed by atoms with Crippen LogP contribution in [0.4, 0.5) is 0 Å². The number of aliphatic hydroxyl groups excluding tert-OH is 1. The summed E-state index contributed by atoms with van der Waals surface area (Å²) in [4.78, 5) is 0. The Balaban J connectivity index is 2.67. The van der Waals surface area contributed by atoms with E-state index >= 15 is 0 Å². The average Bonchev–Trinajstić information content (AvgIpc) is 2.05. The molecule has 0 bridgehead atoms. The fourth-order valence-corrected chi connectivity index (χ4v) is 1.33. The minimum atomic E-state index is -0.0155. The summed E-state index contributed by atoms with van der Waals surface area (Å²) in [5, 5.41) is 9.09. The molecule has 0 amide bonds. The van der Waals surface area contributed by atoms with Gasteiger partial charge in [-0.05, 0) is 17.9 Å². The lowest BCUT2D eigenvalue weighted by molar-refractivity contribution is 0.185. The summed E-state index contributed by atoms with van der Waals surface area (Å²) < 4.78 is 0. The van der Waals surface area contributed by atoms with Gasteiger partial charge in [0.15, 0.2) is 0 Å². The molecule has 0 spiro atoms. The Morgan fingerprint density at radius 2 is 2.25 bits per heavy atom. The SMILES string of the molecule is CC(C)C1=CCC(C)(CO)C=C1. The van der Waals surface area contributed by atoms with Crippen molar-refractivity contribution in [3.63, 3.8) is 0 Å². The van der Waals surface area contributed by atoms with Crippen LogP contribution in [0.2, 0.25) is 0 Å². The van der Waals surface area contributed by atoms with Crippen LogP contribution in [0.3, 0.4) is 0 Å². The van der Waals surface area contributed by atoms with Gasteiger partial charge in [-0.3, -0.25) is 0 Å². The van der Waals surface area contributed by atoms with E-state index in [1.165, 1.54) is 5.57 Å². The van der Waals surface area contributed by atoms with Crippen LogP contribution in [0.25, 0.3) is 0 Å². The first-order chi connectivity index (χ1) is 5.57. The second-order valence-corrected chi connectivity index (χ2v) is 4.21. The van der Waals surface area contributed by atoms with E-state index in [0.717, 1.165) is 6.42 Å². The van der Waals surface area contributed by atoms with E-state index in [4.69, 9.17) is 5.11 Å². The lowest BCUT2D eigenvalue weighted by Crippen LogP contribution is -2.20. The predicted octanol–water partition coefficient (Wildman–Crippen LogP) is 2.53. The van der Waals surface area contributed by atoms with Crippen molar-refractivity contribution in [2.24, 2.45) is 11.3 Å². The van der Waals surface area contributed by atoms with Gasteiger partial charge in [-0.1, -0.05) is 39.0 Å². The van der Waals surface area contributed by atoms with E-state index in [-0.39, 0.29) is 12.0 Å². The summed E-state index contributed by atoms with van der Waals surface area (Å²) in [7, 11) is 0. The fraction of sp³-hybridized carbons (Fsp3) is 0.636. The lowest BCUT2D eigenvalue weighted by atomic mass is 9.81. The van der Waals surface area contributed by atoms with Crippen molar-refractivity contribution >= 4 is 0 Å². The van der Waals surface area contributed by atoms with Gasteiger partial charge in [-0.2, -0.15) is 0 Å². The van der Waals surface area contributed by atoms with Gasteiger partial charge < -0.3 is 5.11 Å². The van der Waals surface area contributed by atoms with Crippen LogP contribution < -0.4 is 0 Å². The normalized spacial score (nSPS) is 29.2. The third-order valence-electron chi connectivity index (χ3n) is 2.51. The molecule has 1 atom stereocenters. The molecule has 1 N–H and O–H groups in total. The van der Waals surface area contributed by atoms with Gasteiger partial charge in [-0.15, -0.1) is 0 Å². The number of allylic oxidation sites excluding steroid dienone is 3. The Kier molecular flexibility index (Phi) is 2.73. The molecule has 1 unspecified atom stereocenters. The zero-order valence-electron chi connectivity index (χ0n) is 8.17. The highest BCUT2D eigenvalue weighted by atomic mass is 16.3. The molecule has 0 aliphatic heterocycles. The highest BCUT2D eigenvalue weighted by Crippen LogP contribution is 2.30. The number of hydrogen-bond donors (Lipinski definition) is 1. The summed E-state index contributed by atoms with van der Waals surface area (Å²) in [6.07, 6.45) is 7.47. The van der Waals surface area contributed by atoms with Crippen LogP contribution >= 0.6 is 0 Å². The third-order valence-corrected chi connectivity index (χ3v) is 2.51. The highest BCUT2D eigenvalue weighted by Gasteiger charge is 2.21. The van der Waals surface area contributed by atoms with E-state index in [0.29, 0.717) is 5.92 Å². The number of rotatable bonds is 2. The van der Waals surface area contributed by atoms with E-state index in [9.17, 15) is 0 Å². The number of aliphatic hydroxyl groups is 1. The minimum absolute atomic E-state index is 0.0155. The molecule has 1 rings (SSSR count). The molecule has 68 valence electrons. The zero-order valence-corrected chi connectivity index (χ0v) is 8.17. The van der Waals surface area contributed by atoms with Gasteiger partial charge in [0, 0.05) is 5.41 Å². The Morgan fingerprint density at radius 1 is 1.58 bits per heavy atom. The molecular formula is C11H18O. The van der Waals surface area contributed by atoms with Crippen molar-refractivity contribution in [2.75, 3.05) is 6.61 Å². The van der Waals surface area contributed by atoms with Gasteiger partial charge in [0.1, 0.15) is 0 Å². The molecule has 1 heteroatoms. The largest absolute Gasteiger partial charge is 0.395 e. The summed E-state index contributed by atoms with van der Waals surface area (Å²) in [6.45, 7) is 6.71. The van der Waals surface area contributed by atoms with E-state index in [2.05, 4.69) is 39.0 Å². The molecule has 1 nitrogen and oxygen atoms in total. The summed E-state index contributed by atoms with van der Waals surface area (Å²) in [6, 6.07) is 0. The monoisotopic (exact) mass is 166 g/mol. The van der Waals surface area contributed by atoms with Crippen molar-refractivity contribution < 1.29 is 5.11 Å². The predicted molar refractivity (Wildman–Crippen MR) is 51.9 cm³/mol. The smallest absolute Gasteiger partial charge is 0.0522 e. The van der Waals surface area contributed by atoms with Gasteiger partial charge in [-0.25, -0.2) is 0 Å². The molecule has 1 aliphatic rings. The maximum absolute atomic E-state index is 9.09. The average molecular weight is 166 g/mol. The van der Waals surface area contributed by atoms with E-state index < -0.39 is 0 Å². The Bertz CT molecular complexity index is 213. The van der Waals surface area contributed by atoms with Crippen molar-refractivity contribution in [2.45, 2.75) is 27.2 Å². The first kappa shape index (κ1) is 9.53. The zero-order chi connectivity index (χ0) is 9.19. The van der Waals surface area contributed by atoms with Crippen LogP contribution in [0.15, 0.2) is 23.8 Å². The second kappa shape index (κ2) is 3.44. The fourth-order valence-electron chi connectivity index (χ4n) is 1.33. The molecule has 12 heavy (non-hydrogen) atoms. The number of hydrogen-bond acceptors (Lipinski definition) is 1. The van der Waals surface area contributed by atoms with Gasteiger partial charge in [0.2, 0.25) is 0 Å². The molecule has 0 saturated heterocycles. The topological polar surface area (TPSA) is 20.2 Å². The van der Waals surface area contributed by atoms with Gasteiger partial charge in [0.25, 0.3) is 0 Å². The van der Waals surface area contributed by atoms with Gasteiger partial charge in [0.05, 0.1) is 6.61 Å². The van der Waals surface area contributed by atoms with Crippen LogP contribution in [0.5, 0.6) is 0 Å². The van der Waals surface area contributed by atoms with Gasteiger partial charge >= 0.3 is 0 Å². The Morgan fingerprint density at radius 3 is 2.58 bits per heavy atom. The standard InChI is InChI=1S/C11H18O/c1-9(2)10-4-6-11(3,8-12)7-5-10/h4-6,9,12H,7-8H2,1-3H3. The van der Waals surface area contributed by atoms with Crippen molar-refractivity contribution in [3.8, 4) is 0 Å². The van der Waals surface area contributed by atoms with Crippen molar-refractivity contribution in [1.82, 2.24) is 0 Å². The molecule has 0 saturated carbocycles. The Labute approximate surface area is 74.8 Å². The molecule has 1 aliphatic carbocycles.